The van der Waals surface area contributed by atoms with Crippen molar-refractivity contribution in [1.82, 2.24) is 0 Å². The van der Waals surface area contributed by atoms with Crippen molar-refractivity contribution in [3.63, 3.8) is 0 Å². The smallest absolute Gasteiger partial charge is 0.256 e. The largest absolute Gasteiger partial charge is 0.497 e. The summed E-state index contributed by atoms with van der Waals surface area (Å²) in [5.41, 5.74) is -0.0157. The van der Waals surface area contributed by atoms with Crippen LogP contribution in [0.1, 0.15) is 52.9 Å². The topological polar surface area (TPSA) is 47.6 Å². The highest BCUT2D eigenvalue weighted by Crippen LogP contribution is 2.23. The van der Waals surface area contributed by atoms with Gasteiger partial charge in [0.25, 0.3) is 5.91 Å². The quantitative estimate of drug-likeness (QED) is 0.652. The fourth-order valence-electron chi connectivity index (χ4n) is 2.23. The van der Waals surface area contributed by atoms with E-state index >= 15 is 0 Å². The zero-order valence-corrected chi connectivity index (χ0v) is 14.3. The van der Waals surface area contributed by atoms with Gasteiger partial charge in [-0.1, -0.05) is 33.1 Å². The summed E-state index contributed by atoms with van der Waals surface area (Å²) in [5.74, 6) is 0.688. The maximum atomic E-state index is 12.6. The Bertz CT molecular complexity index is 444. The lowest BCUT2D eigenvalue weighted by Crippen LogP contribution is -2.43. The van der Waals surface area contributed by atoms with E-state index in [0.717, 1.165) is 43.5 Å². The molecule has 0 aliphatic rings. The average molecular weight is 307 g/mol. The molecule has 0 saturated carbocycles. The summed E-state index contributed by atoms with van der Waals surface area (Å²) in [6, 6.07) is 7.33. The number of ether oxygens (including phenoxy) is 2. The SMILES string of the molecule is CCCCCC(C)(OCCC)C(=O)Nc1ccc(OC)cc1. The molecule has 4 heteroatoms. The van der Waals surface area contributed by atoms with Crippen LogP contribution >= 0.6 is 0 Å². The molecule has 0 radical (unpaired) electrons. The number of nitrogens with one attached hydrogen (secondary N) is 1. The summed E-state index contributed by atoms with van der Waals surface area (Å²) in [7, 11) is 1.62. The maximum absolute atomic E-state index is 12.6. The lowest BCUT2D eigenvalue weighted by Gasteiger charge is -2.28. The zero-order chi connectivity index (χ0) is 16.4. The van der Waals surface area contributed by atoms with Gasteiger partial charge in [0.2, 0.25) is 0 Å². The van der Waals surface area contributed by atoms with E-state index in [2.05, 4.69) is 12.2 Å². The van der Waals surface area contributed by atoms with E-state index < -0.39 is 5.60 Å². The maximum Gasteiger partial charge on any atom is 0.256 e. The molecule has 124 valence electrons. The number of rotatable bonds is 10. The van der Waals surface area contributed by atoms with E-state index in [9.17, 15) is 4.79 Å². The van der Waals surface area contributed by atoms with Gasteiger partial charge in [-0.15, -0.1) is 0 Å². The number of carbonyl (C=O) groups excluding carboxylic acids is 1. The molecular weight excluding hydrogens is 278 g/mol. The first kappa shape index (κ1) is 18.5. The van der Waals surface area contributed by atoms with Gasteiger partial charge in [0, 0.05) is 12.3 Å². The molecule has 1 rings (SSSR count). The summed E-state index contributed by atoms with van der Waals surface area (Å²) in [5, 5.41) is 2.95. The summed E-state index contributed by atoms with van der Waals surface area (Å²) >= 11 is 0. The van der Waals surface area contributed by atoms with Crippen LogP contribution in [-0.4, -0.2) is 25.2 Å². The molecule has 4 nitrogen and oxygen atoms in total. The van der Waals surface area contributed by atoms with Gasteiger partial charge in [0.1, 0.15) is 11.4 Å². The van der Waals surface area contributed by atoms with Crippen LogP contribution in [0.25, 0.3) is 0 Å². The Balaban J connectivity index is 2.71. The lowest BCUT2D eigenvalue weighted by molar-refractivity contribution is -0.140. The molecule has 0 aliphatic heterocycles. The lowest BCUT2D eigenvalue weighted by atomic mass is 9.96. The number of hydrogen-bond donors (Lipinski definition) is 1. The average Bonchev–Trinajstić information content (AvgIpc) is 2.54. The molecule has 0 bridgehead atoms. The van der Waals surface area contributed by atoms with Crippen molar-refractivity contribution in [1.29, 1.82) is 0 Å². The second-order valence-corrected chi connectivity index (χ2v) is 5.72. The van der Waals surface area contributed by atoms with E-state index in [1.165, 1.54) is 0 Å². The Morgan fingerprint density at radius 1 is 1.14 bits per heavy atom. The van der Waals surface area contributed by atoms with Gasteiger partial charge < -0.3 is 14.8 Å². The highest BCUT2D eigenvalue weighted by atomic mass is 16.5. The van der Waals surface area contributed by atoms with E-state index in [4.69, 9.17) is 9.47 Å². The zero-order valence-electron chi connectivity index (χ0n) is 14.3. The molecule has 1 unspecified atom stereocenters. The van der Waals surface area contributed by atoms with Gasteiger partial charge in [-0.2, -0.15) is 0 Å². The third-order valence-electron chi connectivity index (χ3n) is 3.71. The van der Waals surface area contributed by atoms with Gasteiger partial charge >= 0.3 is 0 Å². The third-order valence-corrected chi connectivity index (χ3v) is 3.71. The highest BCUT2D eigenvalue weighted by molar-refractivity contribution is 5.97. The second-order valence-electron chi connectivity index (χ2n) is 5.72. The number of benzene rings is 1. The van der Waals surface area contributed by atoms with Crippen molar-refractivity contribution < 1.29 is 14.3 Å². The van der Waals surface area contributed by atoms with Crippen LogP contribution in [0.3, 0.4) is 0 Å². The Morgan fingerprint density at radius 3 is 2.36 bits per heavy atom. The molecule has 0 heterocycles. The molecule has 1 aromatic rings. The van der Waals surface area contributed by atoms with E-state index in [-0.39, 0.29) is 5.91 Å². The Labute approximate surface area is 134 Å². The molecule has 22 heavy (non-hydrogen) atoms. The van der Waals surface area contributed by atoms with Crippen molar-refractivity contribution in [2.24, 2.45) is 0 Å². The minimum Gasteiger partial charge on any atom is -0.497 e. The summed E-state index contributed by atoms with van der Waals surface area (Å²) in [6.07, 6.45) is 4.87. The molecular formula is C18H29NO3. The van der Waals surface area contributed by atoms with Crippen LogP contribution in [0.2, 0.25) is 0 Å². The third kappa shape index (κ3) is 5.68. The molecule has 1 atom stereocenters. The van der Waals surface area contributed by atoms with Crippen molar-refractivity contribution in [2.45, 2.75) is 58.5 Å². The van der Waals surface area contributed by atoms with Crippen LogP contribution in [0, 0.1) is 0 Å². The number of amides is 1. The summed E-state index contributed by atoms with van der Waals surface area (Å²) in [4.78, 5) is 12.6. The first-order valence-corrected chi connectivity index (χ1v) is 8.15. The number of anilines is 1. The number of carbonyl (C=O) groups is 1. The van der Waals surface area contributed by atoms with Crippen molar-refractivity contribution >= 4 is 11.6 Å². The molecule has 0 aromatic heterocycles. The molecule has 1 aromatic carbocycles. The van der Waals surface area contributed by atoms with E-state index in [0.29, 0.717) is 6.61 Å². The minimum atomic E-state index is -0.773. The number of hydrogen-bond acceptors (Lipinski definition) is 3. The second kappa shape index (κ2) is 9.46. The molecule has 1 N–H and O–H groups in total. The van der Waals surface area contributed by atoms with Crippen molar-refractivity contribution in [3.8, 4) is 5.75 Å². The van der Waals surface area contributed by atoms with Gasteiger partial charge in [0.05, 0.1) is 7.11 Å². The molecule has 0 fully saturated rings. The van der Waals surface area contributed by atoms with Gasteiger partial charge in [0.15, 0.2) is 0 Å². The first-order valence-electron chi connectivity index (χ1n) is 8.15. The van der Waals surface area contributed by atoms with Gasteiger partial charge in [-0.25, -0.2) is 0 Å². The molecule has 0 spiro atoms. The summed E-state index contributed by atoms with van der Waals surface area (Å²) in [6.45, 7) is 6.69. The fraction of sp³-hybridized carbons (Fsp3) is 0.611. The normalized spacial score (nSPS) is 13.5. The fourth-order valence-corrected chi connectivity index (χ4v) is 2.23. The van der Waals surface area contributed by atoms with E-state index in [1.54, 1.807) is 7.11 Å². The van der Waals surface area contributed by atoms with Crippen molar-refractivity contribution in [2.75, 3.05) is 19.0 Å². The van der Waals surface area contributed by atoms with Crippen LogP contribution in [0.5, 0.6) is 5.75 Å². The Kier molecular flexibility index (Phi) is 7.96. The van der Waals surface area contributed by atoms with E-state index in [1.807, 2.05) is 38.1 Å². The first-order chi connectivity index (χ1) is 10.6. The molecule has 1 amide bonds. The van der Waals surface area contributed by atoms with Crippen LogP contribution in [0.4, 0.5) is 5.69 Å². The molecule has 0 saturated heterocycles. The van der Waals surface area contributed by atoms with Gasteiger partial charge in [-0.3, -0.25) is 4.79 Å². The summed E-state index contributed by atoms with van der Waals surface area (Å²) < 4.78 is 11.0. The predicted molar refractivity (Wildman–Crippen MR) is 90.4 cm³/mol. The van der Waals surface area contributed by atoms with Crippen molar-refractivity contribution in [3.05, 3.63) is 24.3 Å². The molecule has 0 aliphatic carbocycles. The monoisotopic (exact) mass is 307 g/mol. The standard InChI is InChI=1S/C18H29NO3/c1-5-7-8-13-18(3,22-14-6-2)17(20)19-15-9-11-16(21-4)12-10-15/h9-12H,5-8,13-14H2,1-4H3,(H,19,20). The van der Waals surface area contributed by atoms with Gasteiger partial charge in [-0.05, 0) is 44.0 Å². The predicted octanol–water partition coefficient (Wildman–Crippen LogP) is 4.40. The number of unbranched alkanes of at least 4 members (excludes halogenated alkanes) is 2. The van der Waals surface area contributed by atoms with Crippen LogP contribution < -0.4 is 10.1 Å². The van der Waals surface area contributed by atoms with Crippen LogP contribution in [-0.2, 0) is 9.53 Å². The Hall–Kier alpha value is -1.55. The number of methoxy groups -OCH3 is 1. The van der Waals surface area contributed by atoms with Crippen LogP contribution in [0.15, 0.2) is 24.3 Å². The highest BCUT2D eigenvalue weighted by Gasteiger charge is 2.33. The Morgan fingerprint density at radius 2 is 1.82 bits per heavy atom. The minimum absolute atomic E-state index is 0.0813.